The van der Waals surface area contributed by atoms with E-state index in [4.69, 9.17) is 0 Å². The maximum atomic E-state index is 12.9. The van der Waals surface area contributed by atoms with Crippen molar-refractivity contribution in [2.24, 2.45) is 5.92 Å². The molecule has 0 saturated heterocycles. The summed E-state index contributed by atoms with van der Waals surface area (Å²) in [6.45, 7) is 2.43. The fraction of sp³-hybridized carbons (Fsp3) is 0.600. The first-order valence-electron chi connectivity index (χ1n) is 4.67. The third-order valence-corrected chi connectivity index (χ3v) is 2.51. The number of carbonyl (C=O) groups excluding carboxylic acids is 2. The Morgan fingerprint density at radius 3 is 2.44 bits per heavy atom. The molecule has 0 aromatic carbocycles. The van der Waals surface area contributed by atoms with Crippen molar-refractivity contribution in [3.63, 3.8) is 0 Å². The van der Waals surface area contributed by atoms with Crippen molar-refractivity contribution >= 4 is 11.8 Å². The van der Waals surface area contributed by atoms with Crippen LogP contribution in [0.2, 0.25) is 0 Å². The quantitative estimate of drug-likeness (QED) is 0.704. The van der Waals surface area contributed by atoms with E-state index in [2.05, 4.69) is 4.74 Å². The molecule has 3 nitrogen and oxygen atoms in total. The normalized spacial score (nSPS) is 26.7. The molecule has 0 N–H and O–H groups in total. The van der Waals surface area contributed by atoms with Crippen LogP contribution in [0.4, 0.5) is 13.2 Å². The number of rotatable bonds is 3. The molecule has 16 heavy (non-hydrogen) atoms. The van der Waals surface area contributed by atoms with Crippen LogP contribution in [0.25, 0.3) is 0 Å². The number of carbonyl (C=O) groups is 2. The minimum Gasteiger partial charge on any atom is -0.442 e. The highest BCUT2D eigenvalue weighted by Crippen LogP contribution is 2.44. The first-order chi connectivity index (χ1) is 7.19. The van der Waals surface area contributed by atoms with Crippen molar-refractivity contribution in [1.29, 1.82) is 0 Å². The van der Waals surface area contributed by atoms with Crippen LogP contribution in [0.3, 0.4) is 0 Å². The molecule has 0 amide bonds. The molecule has 0 spiro atoms. The monoisotopic (exact) mass is 236 g/mol. The van der Waals surface area contributed by atoms with Gasteiger partial charge in [0.25, 0.3) is 0 Å². The van der Waals surface area contributed by atoms with Crippen molar-refractivity contribution in [1.82, 2.24) is 0 Å². The largest absolute Gasteiger partial charge is 0.442 e. The van der Waals surface area contributed by atoms with Gasteiger partial charge in [0.1, 0.15) is 5.78 Å². The molecule has 0 aromatic heterocycles. The van der Waals surface area contributed by atoms with Gasteiger partial charge in [-0.2, -0.15) is 13.2 Å². The number of esters is 1. The number of ketones is 1. The van der Waals surface area contributed by atoms with Crippen molar-refractivity contribution in [3.05, 3.63) is 12.2 Å². The second-order valence-electron chi connectivity index (χ2n) is 3.85. The number of hydrogen-bond acceptors (Lipinski definition) is 3. The lowest BCUT2D eigenvalue weighted by molar-refractivity contribution is -0.260. The van der Waals surface area contributed by atoms with Crippen LogP contribution in [0.15, 0.2) is 12.2 Å². The molecule has 0 aliphatic carbocycles. The average molecular weight is 236 g/mol. The average Bonchev–Trinajstić information content (AvgIpc) is 2.46. The lowest BCUT2D eigenvalue weighted by Gasteiger charge is -2.34. The Labute approximate surface area is 90.3 Å². The van der Waals surface area contributed by atoms with Gasteiger partial charge in [0.2, 0.25) is 5.60 Å². The van der Waals surface area contributed by atoms with Crippen LogP contribution in [0.5, 0.6) is 0 Å². The Morgan fingerprint density at radius 2 is 2.12 bits per heavy atom. The van der Waals surface area contributed by atoms with Gasteiger partial charge in [0.15, 0.2) is 0 Å². The van der Waals surface area contributed by atoms with E-state index in [0.717, 1.165) is 6.08 Å². The summed E-state index contributed by atoms with van der Waals surface area (Å²) < 4.78 is 42.9. The summed E-state index contributed by atoms with van der Waals surface area (Å²) in [7, 11) is 0. The van der Waals surface area contributed by atoms with Crippen molar-refractivity contribution in [2.45, 2.75) is 32.0 Å². The number of halogens is 3. The van der Waals surface area contributed by atoms with Gasteiger partial charge in [0.05, 0.1) is 0 Å². The van der Waals surface area contributed by atoms with Crippen LogP contribution in [0.1, 0.15) is 20.3 Å². The van der Waals surface area contributed by atoms with E-state index < -0.39 is 23.7 Å². The van der Waals surface area contributed by atoms with Crippen molar-refractivity contribution < 1.29 is 27.5 Å². The maximum Gasteiger partial charge on any atom is 0.432 e. The zero-order valence-electron chi connectivity index (χ0n) is 8.80. The Bertz CT molecular complexity index is 346. The predicted octanol–water partition coefficient (Wildman–Crippen LogP) is 2.02. The zero-order valence-corrected chi connectivity index (χ0v) is 8.80. The minimum atomic E-state index is -4.72. The van der Waals surface area contributed by atoms with E-state index in [1.807, 2.05) is 0 Å². The van der Waals surface area contributed by atoms with Gasteiger partial charge in [-0.3, -0.25) is 0 Å². The fourth-order valence-corrected chi connectivity index (χ4v) is 1.71. The molecule has 6 heteroatoms. The van der Waals surface area contributed by atoms with E-state index in [0.29, 0.717) is 6.08 Å². The third-order valence-electron chi connectivity index (χ3n) is 2.51. The molecule has 0 saturated carbocycles. The number of hydrogen-bond donors (Lipinski definition) is 0. The molecule has 1 heterocycles. The molecule has 1 rings (SSSR count). The van der Waals surface area contributed by atoms with Gasteiger partial charge in [-0.05, 0) is 13.0 Å². The predicted molar refractivity (Wildman–Crippen MR) is 48.5 cm³/mol. The summed E-state index contributed by atoms with van der Waals surface area (Å²) in [5, 5.41) is 0. The summed E-state index contributed by atoms with van der Waals surface area (Å²) in [5.74, 6) is -2.55. The molecular formula is C10H11F3O3. The summed E-state index contributed by atoms with van der Waals surface area (Å²) in [6, 6.07) is 0. The molecule has 1 aliphatic heterocycles. The highest BCUT2D eigenvalue weighted by molar-refractivity contribution is 5.85. The van der Waals surface area contributed by atoms with Gasteiger partial charge in [-0.25, -0.2) is 4.79 Å². The summed E-state index contributed by atoms with van der Waals surface area (Å²) in [6.07, 6.45) is -3.59. The molecule has 0 unspecified atom stereocenters. The number of ether oxygens (including phenoxy) is 1. The van der Waals surface area contributed by atoms with Crippen molar-refractivity contribution in [2.75, 3.05) is 0 Å². The smallest absolute Gasteiger partial charge is 0.432 e. The van der Waals surface area contributed by atoms with E-state index in [9.17, 15) is 22.8 Å². The lowest BCUT2D eigenvalue weighted by Crippen LogP contribution is -2.50. The van der Waals surface area contributed by atoms with Crippen LogP contribution < -0.4 is 0 Å². The molecule has 1 aliphatic rings. The van der Waals surface area contributed by atoms with E-state index in [1.54, 1.807) is 0 Å². The number of cyclic esters (lactones) is 1. The van der Waals surface area contributed by atoms with Gasteiger partial charge >= 0.3 is 12.1 Å². The van der Waals surface area contributed by atoms with E-state index in [-0.39, 0.29) is 12.2 Å². The SMILES string of the molecule is CC(=O)C[C@@H](C)[C@@]1(C(F)(F)F)C=CC(=O)O1. The topological polar surface area (TPSA) is 43.4 Å². The van der Waals surface area contributed by atoms with Gasteiger partial charge in [0, 0.05) is 18.4 Å². The minimum absolute atomic E-state index is 0.295. The Kier molecular flexibility index (Phi) is 3.12. The van der Waals surface area contributed by atoms with Crippen LogP contribution in [0, 0.1) is 5.92 Å². The van der Waals surface area contributed by atoms with Crippen LogP contribution in [-0.4, -0.2) is 23.5 Å². The summed E-state index contributed by atoms with van der Waals surface area (Å²) in [4.78, 5) is 21.6. The molecule has 2 atom stereocenters. The molecule has 0 aromatic rings. The molecule has 0 fully saturated rings. The number of alkyl halides is 3. The molecule has 90 valence electrons. The first kappa shape index (κ1) is 12.7. The summed E-state index contributed by atoms with van der Waals surface area (Å²) in [5.41, 5.74) is -2.66. The van der Waals surface area contributed by atoms with E-state index >= 15 is 0 Å². The maximum absolute atomic E-state index is 12.9. The summed E-state index contributed by atoms with van der Waals surface area (Å²) >= 11 is 0. The fourth-order valence-electron chi connectivity index (χ4n) is 1.71. The van der Waals surface area contributed by atoms with Crippen molar-refractivity contribution in [3.8, 4) is 0 Å². The molecular weight excluding hydrogens is 225 g/mol. The lowest BCUT2D eigenvalue weighted by atomic mass is 9.85. The van der Waals surface area contributed by atoms with Crippen LogP contribution in [-0.2, 0) is 14.3 Å². The molecule has 0 bridgehead atoms. The first-order valence-corrected chi connectivity index (χ1v) is 4.67. The molecule has 0 radical (unpaired) electrons. The Balaban J connectivity index is 3.03. The zero-order chi connectivity index (χ0) is 12.6. The third kappa shape index (κ3) is 2.10. The van der Waals surface area contributed by atoms with Gasteiger partial charge < -0.3 is 9.53 Å². The second kappa shape index (κ2) is 3.92. The van der Waals surface area contributed by atoms with Gasteiger partial charge in [-0.15, -0.1) is 0 Å². The highest BCUT2D eigenvalue weighted by Gasteiger charge is 2.61. The van der Waals surface area contributed by atoms with Gasteiger partial charge in [-0.1, -0.05) is 6.92 Å². The standard InChI is InChI=1S/C10H11F3O3/c1-6(5-7(2)14)9(10(11,12)13)4-3-8(15)16-9/h3-4,6H,5H2,1-2H3/t6-,9-/m1/s1. The Hall–Kier alpha value is -1.33. The second-order valence-corrected chi connectivity index (χ2v) is 3.85. The van der Waals surface area contributed by atoms with E-state index in [1.165, 1.54) is 13.8 Å². The highest BCUT2D eigenvalue weighted by atomic mass is 19.4. The Morgan fingerprint density at radius 1 is 1.56 bits per heavy atom. The number of Topliss-reactive ketones (excluding diaryl/α,β-unsaturated/α-hetero) is 1. The van der Waals surface area contributed by atoms with Crippen LogP contribution >= 0.6 is 0 Å².